The Morgan fingerprint density at radius 2 is 1.80 bits per heavy atom. The lowest BCUT2D eigenvalue weighted by Gasteiger charge is -2.27. The van der Waals surface area contributed by atoms with Crippen molar-refractivity contribution in [3.05, 3.63) is 86.5 Å². The van der Waals surface area contributed by atoms with E-state index in [1.54, 1.807) is 24.3 Å². The lowest BCUT2D eigenvalue weighted by Crippen LogP contribution is -2.31. The molecule has 4 N–H and O–H groups in total. The van der Waals surface area contributed by atoms with Gasteiger partial charge in [-0.15, -0.1) is 24.0 Å². The molecule has 4 rings (SSSR count). The maximum absolute atomic E-state index is 12.4. The third kappa shape index (κ3) is 5.06. The molecule has 0 radical (unpaired) electrons. The fraction of sp³-hybridized carbons (Fsp3) is 0.174. The van der Waals surface area contributed by atoms with Crippen molar-refractivity contribution in [3.8, 4) is 11.5 Å². The minimum absolute atomic E-state index is 0. The second-order valence-corrected chi connectivity index (χ2v) is 8.30. The highest BCUT2D eigenvalue weighted by Crippen LogP contribution is 2.35. The fourth-order valence-electron chi connectivity index (χ4n) is 3.66. The number of phenolic OH excluding ortho intramolecular Hbond substituents is 2. The molecule has 1 aliphatic heterocycles. The van der Waals surface area contributed by atoms with Crippen molar-refractivity contribution in [2.75, 3.05) is 11.9 Å². The van der Waals surface area contributed by atoms with Gasteiger partial charge in [0.1, 0.15) is 0 Å². The van der Waals surface area contributed by atoms with Gasteiger partial charge in [0.25, 0.3) is 5.91 Å². The van der Waals surface area contributed by atoms with Gasteiger partial charge in [-0.3, -0.25) is 4.79 Å². The number of amides is 1. The summed E-state index contributed by atoms with van der Waals surface area (Å²) >= 11 is 2.23. The van der Waals surface area contributed by atoms with Crippen LogP contribution >= 0.6 is 46.6 Å². The first-order valence-corrected chi connectivity index (χ1v) is 10.5. The molecule has 1 amide bonds. The summed E-state index contributed by atoms with van der Waals surface area (Å²) in [6.07, 6.45) is 1.57. The monoisotopic (exact) mass is 628 g/mol. The van der Waals surface area contributed by atoms with Gasteiger partial charge in [0.15, 0.2) is 11.5 Å². The molecular weight excluding hydrogens is 606 g/mol. The zero-order valence-corrected chi connectivity index (χ0v) is 20.5. The molecule has 0 saturated heterocycles. The smallest absolute Gasteiger partial charge is 0.255 e. The number of aromatic hydroxyl groups is 2. The second kappa shape index (κ2) is 9.97. The largest absolute Gasteiger partial charge is 0.504 e. The van der Waals surface area contributed by atoms with Crippen molar-refractivity contribution < 1.29 is 15.0 Å². The Bertz CT molecular complexity index is 1060. The van der Waals surface area contributed by atoms with Crippen molar-refractivity contribution in [1.29, 1.82) is 0 Å². The first-order chi connectivity index (χ1) is 14.0. The lowest BCUT2D eigenvalue weighted by atomic mass is 9.90. The summed E-state index contributed by atoms with van der Waals surface area (Å²) in [6, 6.07) is 18.5. The summed E-state index contributed by atoms with van der Waals surface area (Å²) in [4.78, 5) is 12.4. The van der Waals surface area contributed by atoms with Crippen molar-refractivity contribution in [1.82, 2.24) is 5.32 Å². The Morgan fingerprint density at radius 3 is 2.53 bits per heavy atom. The van der Waals surface area contributed by atoms with Gasteiger partial charge in [-0.2, -0.15) is 0 Å². The summed E-state index contributed by atoms with van der Waals surface area (Å²) in [6.45, 7) is 0.824. The Morgan fingerprint density at radius 1 is 1.07 bits per heavy atom. The summed E-state index contributed by atoms with van der Waals surface area (Å²) in [5.41, 5.74) is 4.61. The number of carbonyl (C=O) groups excluding carboxylic acids is 1. The van der Waals surface area contributed by atoms with E-state index in [2.05, 4.69) is 39.3 Å². The highest BCUT2D eigenvalue weighted by molar-refractivity contribution is 14.1. The predicted molar refractivity (Wildman–Crippen MR) is 137 cm³/mol. The topological polar surface area (TPSA) is 81.6 Å². The maximum atomic E-state index is 12.4. The molecular formula is C23H22I2N2O3. The average molecular weight is 628 g/mol. The molecule has 0 bridgehead atoms. The predicted octanol–water partition coefficient (Wildman–Crippen LogP) is 5.00. The number of halogens is 2. The van der Waals surface area contributed by atoms with E-state index in [0.29, 0.717) is 5.56 Å². The number of phenols is 2. The highest BCUT2D eigenvalue weighted by atomic mass is 127. The van der Waals surface area contributed by atoms with Gasteiger partial charge in [-0.25, -0.2) is 0 Å². The van der Waals surface area contributed by atoms with Crippen LogP contribution < -0.4 is 10.6 Å². The number of hydrogen-bond acceptors (Lipinski definition) is 4. The van der Waals surface area contributed by atoms with E-state index in [9.17, 15) is 15.0 Å². The minimum Gasteiger partial charge on any atom is -0.504 e. The maximum Gasteiger partial charge on any atom is 0.255 e. The third-order valence-electron chi connectivity index (χ3n) is 5.15. The summed E-state index contributed by atoms with van der Waals surface area (Å²) in [5.74, 6) is -0.294. The SMILES string of the molecule is I.O=C(Nc1ccc(CC2NCCc3cc(O)c(O)cc32)cc1I)c1ccccc1. The molecule has 1 unspecified atom stereocenters. The zero-order valence-electron chi connectivity index (χ0n) is 16.1. The van der Waals surface area contributed by atoms with Crippen LogP contribution in [0.4, 0.5) is 5.69 Å². The molecule has 1 aliphatic rings. The van der Waals surface area contributed by atoms with Crippen molar-refractivity contribution in [2.45, 2.75) is 18.9 Å². The molecule has 0 saturated carbocycles. The molecule has 30 heavy (non-hydrogen) atoms. The number of nitrogens with one attached hydrogen (secondary N) is 2. The molecule has 1 atom stereocenters. The van der Waals surface area contributed by atoms with Gasteiger partial charge in [0.2, 0.25) is 0 Å². The zero-order chi connectivity index (χ0) is 20.4. The van der Waals surface area contributed by atoms with Gasteiger partial charge in [0.05, 0.1) is 5.69 Å². The molecule has 3 aromatic carbocycles. The van der Waals surface area contributed by atoms with Crippen LogP contribution in [0.15, 0.2) is 60.7 Å². The highest BCUT2D eigenvalue weighted by Gasteiger charge is 2.22. The molecule has 0 fully saturated rings. The summed E-state index contributed by atoms with van der Waals surface area (Å²) in [7, 11) is 0. The molecule has 156 valence electrons. The average Bonchev–Trinajstić information content (AvgIpc) is 2.72. The van der Waals surface area contributed by atoms with Crippen LogP contribution in [0.25, 0.3) is 0 Å². The number of rotatable bonds is 4. The Balaban J connectivity index is 0.00000256. The lowest BCUT2D eigenvalue weighted by molar-refractivity contribution is 0.102. The normalized spacial score (nSPS) is 15.0. The van der Waals surface area contributed by atoms with Crippen molar-refractivity contribution >= 4 is 58.2 Å². The molecule has 3 aromatic rings. The van der Waals surface area contributed by atoms with Gasteiger partial charge < -0.3 is 20.8 Å². The number of benzene rings is 3. The minimum atomic E-state index is -0.130. The van der Waals surface area contributed by atoms with Gasteiger partial charge in [-0.05, 0) is 95.1 Å². The molecule has 5 nitrogen and oxygen atoms in total. The summed E-state index contributed by atoms with van der Waals surface area (Å²) in [5, 5.41) is 26.1. The quantitative estimate of drug-likeness (QED) is 0.242. The van der Waals surface area contributed by atoms with Crippen LogP contribution in [0.2, 0.25) is 0 Å². The molecule has 1 heterocycles. The van der Waals surface area contributed by atoms with Gasteiger partial charge >= 0.3 is 0 Å². The Hall–Kier alpha value is -1.85. The number of carbonyl (C=O) groups is 1. The molecule has 0 aliphatic carbocycles. The van der Waals surface area contributed by atoms with Crippen molar-refractivity contribution in [3.63, 3.8) is 0 Å². The molecule has 0 spiro atoms. The van der Waals surface area contributed by atoms with Crippen molar-refractivity contribution in [2.24, 2.45) is 0 Å². The Labute approximate surface area is 206 Å². The van der Waals surface area contributed by atoms with Gasteiger partial charge in [-0.1, -0.05) is 24.3 Å². The van der Waals surface area contributed by atoms with E-state index in [-0.39, 0.29) is 47.4 Å². The number of anilines is 1. The van der Waals surface area contributed by atoms with Crippen LogP contribution in [-0.4, -0.2) is 22.7 Å². The number of hydrogen-bond donors (Lipinski definition) is 4. The molecule has 0 aromatic heterocycles. The van der Waals surface area contributed by atoms with E-state index >= 15 is 0 Å². The van der Waals surface area contributed by atoms with Gasteiger partial charge in [0, 0.05) is 15.2 Å². The summed E-state index contributed by atoms with van der Waals surface area (Å²) < 4.78 is 0.967. The third-order valence-corrected chi connectivity index (χ3v) is 6.05. The van der Waals surface area contributed by atoms with Crippen LogP contribution in [0.3, 0.4) is 0 Å². The standard InChI is InChI=1S/C23H21IN2O3.HI/c24-18-10-14(6-7-19(18)26-23(29)15-4-2-1-3-5-15)11-20-17-13-22(28)21(27)12-16(17)8-9-25-20;/h1-7,10,12-13,20,25,27-28H,8-9,11H2,(H,26,29);1H. The van der Waals surface area contributed by atoms with E-state index in [1.807, 2.05) is 30.3 Å². The first kappa shape index (κ1) is 22.8. The second-order valence-electron chi connectivity index (χ2n) is 7.13. The van der Waals surface area contributed by atoms with Crippen LogP contribution in [-0.2, 0) is 12.8 Å². The van der Waals surface area contributed by atoms with E-state index in [0.717, 1.165) is 45.3 Å². The Kier molecular flexibility index (Phi) is 7.59. The number of fused-ring (bicyclic) bond motifs is 1. The van der Waals surface area contributed by atoms with Crippen LogP contribution in [0.1, 0.15) is 33.1 Å². The first-order valence-electron chi connectivity index (χ1n) is 9.44. The van der Waals surface area contributed by atoms with E-state index < -0.39 is 0 Å². The van der Waals surface area contributed by atoms with E-state index in [1.165, 1.54) is 0 Å². The van der Waals surface area contributed by atoms with Crippen LogP contribution in [0, 0.1) is 3.57 Å². The van der Waals surface area contributed by atoms with E-state index in [4.69, 9.17) is 0 Å². The van der Waals surface area contributed by atoms with Crippen LogP contribution in [0.5, 0.6) is 11.5 Å². The molecule has 7 heteroatoms. The fourth-order valence-corrected chi connectivity index (χ4v) is 4.37.